The lowest BCUT2D eigenvalue weighted by Crippen LogP contribution is -2.27. The van der Waals surface area contributed by atoms with Crippen LogP contribution in [0.25, 0.3) is 0 Å². The van der Waals surface area contributed by atoms with Gasteiger partial charge in [0.25, 0.3) is 0 Å². The summed E-state index contributed by atoms with van der Waals surface area (Å²) in [5.74, 6) is 1.72. The Balaban J connectivity index is 1.82. The van der Waals surface area contributed by atoms with Gasteiger partial charge in [-0.1, -0.05) is 19.8 Å². The van der Waals surface area contributed by atoms with Gasteiger partial charge in [-0.25, -0.2) is 0 Å². The van der Waals surface area contributed by atoms with E-state index in [0.717, 1.165) is 24.1 Å². The highest BCUT2D eigenvalue weighted by molar-refractivity contribution is 5.00. The summed E-state index contributed by atoms with van der Waals surface area (Å²) in [6, 6.07) is 0.307. The molecule has 3 nitrogen and oxygen atoms in total. The summed E-state index contributed by atoms with van der Waals surface area (Å²) in [4.78, 5) is 8.42. The molecule has 1 saturated carbocycles. The average Bonchev–Trinajstić information content (AvgIpc) is 2.73. The second-order valence-corrected chi connectivity index (χ2v) is 4.93. The number of nitrogens with one attached hydrogen (secondary N) is 1. The van der Waals surface area contributed by atoms with E-state index < -0.39 is 0 Å². The third-order valence-corrected chi connectivity index (χ3v) is 3.75. The van der Waals surface area contributed by atoms with Gasteiger partial charge in [-0.05, 0) is 31.7 Å². The number of aromatic nitrogens is 2. The van der Waals surface area contributed by atoms with E-state index in [1.165, 1.54) is 19.3 Å². The molecule has 2 rings (SSSR count). The summed E-state index contributed by atoms with van der Waals surface area (Å²) in [7, 11) is 0. The molecule has 1 aromatic heterocycles. The Morgan fingerprint density at radius 1 is 1.44 bits per heavy atom. The highest BCUT2D eigenvalue weighted by atomic mass is 14.9. The van der Waals surface area contributed by atoms with Crippen LogP contribution in [0.5, 0.6) is 0 Å². The third-order valence-electron chi connectivity index (χ3n) is 3.75. The van der Waals surface area contributed by atoms with Gasteiger partial charge in [0.15, 0.2) is 0 Å². The largest absolute Gasteiger partial charge is 0.309 e. The molecule has 3 atom stereocenters. The lowest BCUT2D eigenvalue weighted by molar-refractivity contribution is 0.373. The van der Waals surface area contributed by atoms with Crippen LogP contribution in [0, 0.1) is 11.8 Å². The smallest absolute Gasteiger partial charge is 0.0753 e. The Morgan fingerprint density at radius 3 is 2.94 bits per heavy atom. The summed E-state index contributed by atoms with van der Waals surface area (Å²) in [6.45, 7) is 5.63. The molecule has 0 bridgehead atoms. The van der Waals surface area contributed by atoms with E-state index in [9.17, 15) is 0 Å². The number of hydrogen-bond donors (Lipinski definition) is 1. The van der Waals surface area contributed by atoms with Gasteiger partial charge in [-0.3, -0.25) is 9.97 Å². The Bertz CT molecular complexity index is 312. The molecule has 3 unspecified atom stereocenters. The Kier molecular flexibility index (Phi) is 3.88. The van der Waals surface area contributed by atoms with Gasteiger partial charge in [0.1, 0.15) is 0 Å². The van der Waals surface area contributed by atoms with Gasteiger partial charge in [-0.15, -0.1) is 0 Å². The van der Waals surface area contributed by atoms with E-state index in [1.54, 1.807) is 12.4 Å². The second-order valence-electron chi connectivity index (χ2n) is 4.93. The zero-order chi connectivity index (χ0) is 11.4. The highest BCUT2D eigenvalue weighted by Crippen LogP contribution is 2.30. The van der Waals surface area contributed by atoms with Crippen LogP contribution in [0.3, 0.4) is 0 Å². The fourth-order valence-electron chi connectivity index (χ4n) is 2.49. The Morgan fingerprint density at radius 2 is 2.31 bits per heavy atom. The molecule has 0 saturated heterocycles. The van der Waals surface area contributed by atoms with Crippen molar-refractivity contribution in [3.8, 4) is 0 Å². The van der Waals surface area contributed by atoms with Crippen molar-refractivity contribution in [3.63, 3.8) is 0 Å². The van der Waals surface area contributed by atoms with Gasteiger partial charge in [0.05, 0.1) is 5.69 Å². The van der Waals surface area contributed by atoms with Crippen LogP contribution in [-0.2, 0) is 0 Å². The van der Waals surface area contributed by atoms with E-state index >= 15 is 0 Å². The minimum absolute atomic E-state index is 0.307. The third kappa shape index (κ3) is 2.79. The van der Waals surface area contributed by atoms with Crippen LogP contribution in [0.4, 0.5) is 0 Å². The van der Waals surface area contributed by atoms with Crippen molar-refractivity contribution < 1.29 is 0 Å². The first-order valence-corrected chi connectivity index (χ1v) is 6.26. The molecule has 3 heteroatoms. The molecule has 0 aliphatic heterocycles. The van der Waals surface area contributed by atoms with Gasteiger partial charge < -0.3 is 5.32 Å². The van der Waals surface area contributed by atoms with Crippen LogP contribution in [0.1, 0.15) is 44.8 Å². The lowest BCUT2D eigenvalue weighted by atomic mass is 9.98. The molecule has 0 amide bonds. The Labute approximate surface area is 97.7 Å². The average molecular weight is 219 g/mol. The summed E-state index contributed by atoms with van der Waals surface area (Å²) in [5.41, 5.74) is 1.04. The molecule has 1 N–H and O–H groups in total. The molecule has 0 radical (unpaired) electrons. The maximum Gasteiger partial charge on any atom is 0.0753 e. The number of nitrogens with zero attached hydrogens (tertiary/aromatic N) is 2. The molecule has 1 aliphatic rings. The molecule has 88 valence electrons. The quantitative estimate of drug-likeness (QED) is 0.845. The number of rotatable bonds is 4. The molecule has 1 aromatic rings. The summed E-state index contributed by atoms with van der Waals surface area (Å²) in [5, 5.41) is 3.57. The molecule has 0 aromatic carbocycles. The number of hydrogen-bond acceptors (Lipinski definition) is 3. The zero-order valence-electron chi connectivity index (χ0n) is 10.2. The first-order valence-electron chi connectivity index (χ1n) is 6.26. The summed E-state index contributed by atoms with van der Waals surface area (Å²) >= 11 is 0. The normalized spacial score (nSPS) is 26.9. The van der Waals surface area contributed by atoms with Crippen molar-refractivity contribution in [2.75, 3.05) is 6.54 Å². The van der Waals surface area contributed by atoms with Gasteiger partial charge in [-0.2, -0.15) is 0 Å². The maximum absolute atomic E-state index is 4.32. The highest BCUT2D eigenvalue weighted by Gasteiger charge is 2.23. The molecule has 16 heavy (non-hydrogen) atoms. The van der Waals surface area contributed by atoms with E-state index in [2.05, 4.69) is 29.1 Å². The maximum atomic E-state index is 4.32. The predicted molar refractivity (Wildman–Crippen MR) is 65.0 cm³/mol. The summed E-state index contributed by atoms with van der Waals surface area (Å²) < 4.78 is 0. The van der Waals surface area contributed by atoms with E-state index in [0.29, 0.717) is 6.04 Å². The SMILES string of the molecule is CC(NCC1CCCC1C)c1cnccn1. The Hall–Kier alpha value is -0.960. The molecular weight excluding hydrogens is 198 g/mol. The first kappa shape index (κ1) is 11.5. The van der Waals surface area contributed by atoms with Crippen LogP contribution in [0.15, 0.2) is 18.6 Å². The zero-order valence-corrected chi connectivity index (χ0v) is 10.2. The lowest BCUT2D eigenvalue weighted by Gasteiger charge is -2.19. The first-order chi connectivity index (χ1) is 7.77. The minimum Gasteiger partial charge on any atom is -0.309 e. The molecule has 1 heterocycles. The second kappa shape index (κ2) is 5.39. The van der Waals surface area contributed by atoms with Gasteiger partial charge >= 0.3 is 0 Å². The van der Waals surface area contributed by atoms with Crippen LogP contribution < -0.4 is 5.32 Å². The van der Waals surface area contributed by atoms with E-state index in [4.69, 9.17) is 0 Å². The van der Waals surface area contributed by atoms with Crippen LogP contribution in [-0.4, -0.2) is 16.5 Å². The van der Waals surface area contributed by atoms with E-state index in [1.807, 2.05) is 6.20 Å². The minimum atomic E-state index is 0.307. The monoisotopic (exact) mass is 219 g/mol. The van der Waals surface area contributed by atoms with Crippen LogP contribution in [0.2, 0.25) is 0 Å². The topological polar surface area (TPSA) is 37.8 Å². The van der Waals surface area contributed by atoms with E-state index in [-0.39, 0.29) is 0 Å². The van der Waals surface area contributed by atoms with Crippen molar-refractivity contribution in [1.82, 2.24) is 15.3 Å². The molecule has 0 spiro atoms. The van der Waals surface area contributed by atoms with Crippen molar-refractivity contribution in [1.29, 1.82) is 0 Å². The van der Waals surface area contributed by atoms with Crippen LogP contribution >= 0.6 is 0 Å². The van der Waals surface area contributed by atoms with Gasteiger partial charge in [0, 0.05) is 24.6 Å². The van der Waals surface area contributed by atoms with Crippen molar-refractivity contribution >= 4 is 0 Å². The fraction of sp³-hybridized carbons (Fsp3) is 0.692. The predicted octanol–water partition coefficient (Wildman–Crippen LogP) is 2.56. The van der Waals surface area contributed by atoms with Crippen molar-refractivity contribution in [3.05, 3.63) is 24.3 Å². The van der Waals surface area contributed by atoms with Crippen molar-refractivity contribution in [2.24, 2.45) is 11.8 Å². The molecule has 1 fully saturated rings. The van der Waals surface area contributed by atoms with Gasteiger partial charge in [0.2, 0.25) is 0 Å². The molecule has 1 aliphatic carbocycles. The molecular formula is C13H21N3. The fourth-order valence-corrected chi connectivity index (χ4v) is 2.49. The van der Waals surface area contributed by atoms with Crippen molar-refractivity contribution in [2.45, 2.75) is 39.2 Å². The standard InChI is InChI=1S/C13H21N3/c1-10-4-3-5-12(10)8-16-11(2)13-9-14-6-7-15-13/h6-7,9-12,16H,3-5,8H2,1-2H3. The summed E-state index contributed by atoms with van der Waals surface area (Å²) in [6.07, 6.45) is 9.48.